The molecule has 92 valence electrons. The Balaban J connectivity index is 2.37. The molecular formula is C12H21NO2S. The molecule has 3 nitrogen and oxygen atoms in total. The van der Waals surface area contributed by atoms with Crippen LogP contribution in [0.3, 0.4) is 0 Å². The van der Waals surface area contributed by atoms with Gasteiger partial charge in [-0.15, -0.1) is 11.3 Å². The number of rotatable bonds is 7. The summed E-state index contributed by atoms with van der Waals surface area (Å²) in [6.07, 6.45) is 0.717. The minimum atomic E-state index is -0.732. The van der Waals surface area contributed by atoms with Crippen molar-refractivity contribution in [2.45, 2.75) is 25.9 Å². The molecule has 0 aliphatic heterocycles. The number of hydrogen-bond donors (Lipinski definition) is 2. The minimum Gasteiger partial charge on any atom is -0.385 e. The van der Waals surface area contributed by atoms with Crippen LogP contribution in [0, 0.1) is 6.92 Å². The van der Waals surface area contributed by atoms with E-state index in [2.05, 4.69) is 5.32 Å². The van der Waals surface area contributed by atoms with Crippen LogP contribution in [0.2, 0.25) is 0 Å². The Morgan fingerprint density at radius 1 is 1.50 bits per heavy atom. The SMILES string of the molecule is COCCNCCC(C)(O)c1ccsc1C. The van der Waals surface area contributed by atoms with E-state index in [0.717, 1.165) is 18.7 Å². The second-order valence-corrected chi connectivity index (χ2v) is 5.28. The highest BCUT2D eigenvalue weighted by Crippen LogP contribution is 2.29. The lowest BCUT2D eigenvalue weighted by atomic mass is 9.93. The van der Waals surface area contributed by atoms with E-state index in [-0.39, 0.29) is 0 Å². The molecule has 0 aliphatic rings. The molecule has 0 aromatic carbocycles. The average molecular weight is 243 g/mol. The zero-order valence-corrected chi connectivity index (χ0v) is 11.1. The Hall–Kier alpha value is -0.420. The first-order valence-corrected chi connectivity index (χ1v) is 6.42. The molecule has 0 fully saturated rings. The summed E-state index contributed by atoms with van der Waals surface area (Å²) < 4.78 is 4.94. The quantitative estimate of drug-likeness (QED) is 0.719. The number of nitrogens with one attached hydrogen (secondary N) is 1. The molecule has 0 saturated carbocycles. The zero-order chi connectivity index (χ0) is 12.0. The van der Waals surface area contributed by atoms with Gasteiger partial charge in [0, 0.05) is 18.5 Å². The predicted octanol–water partition coefficient (Wildman–Crippen LogP) is 1.89. The maximum absolute atomic E-state index is 10.3. The van der Waals surface area contributed by atoms with Crippen molar-refractivity contribution in [1.82, 2.24) is 5.32 Å². The largest absolute Gasteiger partial charge is 0.385 e. The third kappa shape index (κ3) is 3.87. The number of aryl methyl sites for hydroxylation is 1. The van der Waals surface area contributed by atoms with Gasteiger partial charge in [0.15, 0.2) is 0 Å². The van der Waals surface area contributed by atoms with E-state index in [1.54, 1.807) is 18.4 Å². The van der Waals surface area contributed by atoms with Crippen molar-refractivity contribution in [2.24, 2.45) is 0 Å². The molecule has 1 unspecified atom stereocenters. The Labute approximate surface area is 101 Å². The average Bonchev–Trinajstić information content (AvgIpc) is 2.65. The Morgan fingerprint density at radius 3 is 2.81 bits per heavy atom. The molecular weight excluding hydrogens is 222 g/mol. The third-order valence-electron chi connectivity index (χ3n) is 2.71. The Bertz CT molecular complexity index is 310. The maximum atomic E-state index is 10.3. The summed E-state index contributed by atoms with van der Waals surface area (Å²) in [5.41, 5.74) is 0.315. The van der Waals surface area contributed by atoms with Crippen molar-refractivity contribution in [1.29, 1.82) is 0 Å². The summed E-state index contributed by atoms with van der Waals surface area (Å²) in [7, 11) is 1.69. The van der Waals surface area contributed by atoms with Crippen LogP contribution in [-0.2, 0) is 10.3 Å². The van der Waals surface area contributed by atoms with Crippen LogP contribution in [0.5, 0.6) is 0 Å². The van der Waals surface area contributed by atoms with E-state index in [0.29, 0.717) is 13.0 Å². The first-order chi connectivity index (χ1) is 7.58. The van der Waals surface area contributed by atoms with Crippen LogP contribution in [0.25, 0.3) is 0 Å². The van der Waals surface area contributed by atoms with E-state index in [4.69, 9.17) is 4.74 Å². The van der Waals surface area contributed by atoms with Crippen molar-refractivity contribution in [3.8, 4) is 0 Å². The molecule has 16 heavy (non-hydrogen) atoms. The lowest BCUT2D eigenvalue weighted by Crippen LogP contribution is -2.29. The van der Waals surface area contributed by atoms with E-state index in [1.807, 2.05) is 25.3 Å². The molecule has 1 atom stereocenters. The van der Waals surface area contributed by atoms with E-state index in [9.17, 15) is 5.11 Å². The molecule has 0 spiro atoms. The highest BCUT2D eigenvalue weighted by atomic mass is 32.1. The molecule has 0 aliphatic carbocycles. The molecule has 0 saturated heterocycles. The standard InChI is InChI=1S/C12H21NO2S/c1-10-11(4-9-16-10)12(2,14)5-6-13-7-8-15-3/h4,9,13-14H,5-8H2,1-3H3. The number of methoxy groups -OCH3 is 1. The van der Waals surface area contributed by atoms with Gasteiger partial charge in [0.05, 0.1) is 12.2 Å². The maximum Gasteiger partial charge on any atom is 0.0891 e. The molecule has 0 amide bonds. The fourth-order valence-electron chi connectivity index (χ4n) is 1.71. The molecule has 1 rings (SSSR count). The Kier molecular flexibility index (Phi) is 5.41. The van der Waals surface area contributed by atoms with E-state index in [1.165, 1.54) is 4.88 Å². The second kappa shape index (κ2) is 6.35. The van der Waals surface area contributed by atoms with Gasteiger partial charge in [-0.3, -0.25) is 0 Å². The van der Waals surface area contributed by atoms with Gasteiger partial charge in [0.1, 0.15) is 0 Å². The van der Waals surface area contributed by atoms with Gasteiger partial charge >= 0.3 is 0 Å². The van der Waals surface area contributed by atoms with Crippen molar-refractivity contribution >= 4 is 11.3 Å². The number of hydrogen-bond acceptors (Lipinski definition) is 4. The van der Waals surface area contributed by atoms with Crippen LogP contribution in [0.15, 0.2) is 11.4 Å². The lowest BCUT2D eigenvalue weighted by molar-refractivity contribution is 0.0474. The van der Waals surface area contributed by atoms with E-state index < -0.39 is 5.60 Å². The monoisotopic (exact) mass is 243 g/mol. The van der Waals surface area contributed by atoms with Gasteiger partial charge in [-0.1, -0.05) is 0 Å². The first-order valence-electron chi connectivity index (χ1n) is 5.54. The lowest BCUT2D eigenvalue weighted by Gasteiger charge is -2.23. The summed E-state index contributed by atoms with van der Waals surface area (Å²) in [5, 5.41) is 15.6. The van der Waals surface area contributed by atoms with Gasteiger partial charge in [-0.05, 0) is 43.8 Å². The highest BCUT2D eigenvalue weighted by molar-refractivity contribution is 7.10. The molecule has 1 aromatic heterocycles. The smallest absolute Gasteiger partial charge is 0.0891 e. The Morgan fingerprint density at radius 2 is 2.25 bits per heavy atom. The zero-order valence-electron chi connectivity index (χ0n) is 10.2. The first kappa shape index (κ1) is 13.6. The summed E-state index contributed by atoms with van der Waals surface area (Å²) in [6, 6.07) is 2.01. The van der Waals surface area contributed by atoms with Crippen molar-refractivity contribution < 1.29 is 9.84 Å². The van der Waals surface area contributed by atoms with Crippen LogP contribution >= 0.6 is 11.3 Å². The van der Waals surface area contributed by atoms with Gasteiger partial charge in [0.25, 0.3) is 0 Å². The molecule has 2 N–H and O–H groups in total. The second-order valence-electron chi connectivity index (χ2n) is 4.16. The molecule has 4 heteroatoms. The normalized spacial score (nSPS) is 15.0. The third-order valence-corrected chi connectivity index (χ3v) is 3.56. The van der Waals surface area contributed by atoms with Crippen LogP contribution in [0.1, 0.15) is 23.8 Å². The number of aliphatic hydroxyl groups is 1. The minimum absolute atomic E-state index is 0.708. The fourth-order valence-corrected chi connectivity index (χ4v) is 2.53. The van der Waals surface area contributed by atoms with Gasteiger partial charge in [-0.2, -0.15) is 0 Å². The topological polar surface area (TPSA) is 41.5 Å². The molecule has 0 radical (unpaired) electrons. The van der Waals surface area contributed by atoms with Crippen LogP contribution in [-0.4, -0.2) is 31.9 Å². The molecule has 0 bridgehead atoms. The van der Waals surface area contributed by atoms with Crippen LogP contribution < -0.4 is 5.32 Å². The molecule has 1 heterocycles. The highest BCUT2D eigenvalue weighted by Gasteiger charge is 2.24. The van der Waals surface area contributed by atoms with Crippen molar-refractivity contribution in [2.75, 3.05) is 26.8 Å². The van der Waals surface area contributed by atoms with Gasteiger partial charge in [0.2, 0.25) is 0 Å². The predicted molar refractivity (Wildman–Crippen MR) is 68.0 cm³/mol. The van der Waals surface area contributed by atoms with Gasteiger partial charge < -0.3 is 15.2 Å². The van der Waals surface area contributed by atoms with Crippen LogP contribution in [0.4, 0.5) is 0 Å². The fraction of sp³-hybridized carbons (Fsp3) is 0.667. The summed E-state index contributed by atoms with van der Waals surface area (Å²) in [4.78, 5) is 1.20. The summed E-state index contributed by atoms with van der Waals surface area (Å²) >= 11 is 1.68. The van der Waals surface area contributed by atoms with Gasteiger partial charge in [-0.25, -0.2) is 0 Å². The van der Waals surface area contributed by atoms with Crippen molar-refractivity contribution in [3.63, 3.8) is 0 Å². The number of ether oxygens (including phenoxy) is 1. The van der Waals surface area contributed by atoms with Crippen molar-refractivity contribution in [3.05, 3.63) is 21.9 Å². The summed E-state index contributed by atoms with van der Waals surface area (Å²) in [5.74, 6) is 0. The van der Waals surface area contributed by atoms with E-state index >= 15 is 0 Å². The summed E-state index contributed by atoms with van der Waals surface area (Å²) in [6.45, 7) is 6.26. The molecule has 1 aromatic rings. The number of thiophene rings is 1.